The van der Waals surface area contributed by atoms with Gasteiger partial charge in [-0.15, -0.1) is 0 Å². The molecule has 0 aromatic carbocycles. The second-order valence-electron chi connectivity index (χ2n) is 3.01. The zero-order valence-electron chi connectivity index (χ0n) is 6.82. The highest BCUT2D eigenvalue weighted by atomic mass is 16.4. The lowest BCUT2D eigenvalue weighted by Crippen LogP contribution is -2.17. The van der Waals surface area contributed by atoms with E-state index >= 15 is 0 Å². The van der Waals surface area contributed by atoms with Gasteiger partial charge in [-0.25, -0.2) is 0 Å². The van der Waals surface area contributed by atoms with E-state index in [4.69, 9.17) is 5.11 Å². The van der Waals surface area contributed by atoms with Crippen molar-refractivity contribution in [2.45, 2.75) is 25.7 Å². The van der Waals surface area contributed by atoms with Gasteiger partial charge in [-0.2, -0.15) is 0 Å². The molecule has 3 heteroatoms. The first-order chi connectivity index (χ1) is 5.70. The molecule has 1 aliphatic carbocycles. The largest absolute Gasteiger partial charge is 0.481 e. The quantitative estimate of drug-likeness (QED) is 0.648. The average molecular weight is 168 g/mol. The van der Waals surface area contributed by atoms with Crippen LogP contribution in [0.1, 0.15) is 25.7 Å². The number of Topliss-reactive ketones (excluding diaryl/α,β-unsaturated/α-hetero) is 1. The van der Waals surface area contributed by atoms with Crippen LogP contribution in [0, 0.1) is 5.92 Å². The van der Waals surface area contributed by atoms with Crippen LogP contribution < -0.4 is 0 Å². The summed E-state index contributed by atoms with van der Waals surface area (Å²) >= 11 is 0. The van der Waals surface area contributed by atoms with Crippen LogP contribution in [0.5, 0.6) is 0 Å². The fourth-order valence-electron chi connectivity index (χ4n) is 1.33. The predicted molar refractivity (Wildman–Crippen MR) is 43.7 cm³/mol. The number of hydrogen-bond donors (Lipinski definition) is 1. The maximum atomic E-state index is 11.2. The Labute approximate surface area is 71.1 Å². The average Bonchev–Trinajstić information content (AvgIpc) is 2.03. The fraction of sp³-hybridized carbons (Fsp3) is 0.556. The molecule has 0 saturated carbocycles. The molecule has 0 unspecified atom stereocenters. The van der Waals surface area contributed by atoms with Crippen LogP contribution in [-0.2, 0) is 9.59 Å². The smallest absolute Gasteiger partial charge is 0.303 e. The number of carbonyl (C=O) groups excluding carboxylic acids is 1. The normalized spacial score (nSPS) is 22.7. The first kappa shape index (κ1) is 8.97. The van der Waals surface area contributed by atoms with E-state index in [2.05, 4.69) is 0 Å². The van der Waals surface area contributed by atoms with E-state index in [-0.39, 0.29) is 18.1 Å². The van der Waals surface area contributed by atoms with E-state index < -0.39 is 5.97 Å². The van der Waals surface area contributed by atoms with Crippen LogP contribution in [0.15, 0.2) is 12.2 Å². The number of aliphatic carboxylic acids is 1. The van der Waals surface area contributed by atoms with E-state index in [0.717, 1.165) is 0 Å². The van der Waals surface area contributed by atoms with Crippen molar-refractivity contribution in [3.63, 3.8) is 0 Å². The van der Waals surface area contributed by atoms with Crippen molar-refractivity contribution < 1.29 is 14.7 Å². The molecule has 0 amide bonds. The Kier molecular flexibility index (Phi) is 3.02. The Bertz CT molecular complexity index is 218. The number of ketones is 1. The highest BCUT2D eigenvalue weighted by Crippen LogP contribution is 2.19. The van der Waals surface area contributed by atoms with Gasteiger partial charge in [0, 0.05) is 18.8 Å². The van der Waals surface area contributed by atoms with Gasteiger partial charge in [0.25, 0.3) is 0 Å². The summed E-state index contributed by atoms with van der Waals surface area (Å²) < 4.78 is 0. The molecule has 0 radical (unpaired) electrons. The summed E-state index contributed by atoms with van der Waals surface area (Å²) in [5.74, 6) is -0.692. The molecule has 0 bridgehead atoms. The van der Waals surface area contributed by atoms with Gasteiger partial charge in [0.15, 0.2) is 0 Å². The van der Waals surface area contributed by atoms with Gasteiger partial charge in [-0.05, 0) is 12.8 Å². The second kappa shape index (κ2) is 4.04. The number of allylic oxidation sites excluding steroid dienone is 2. The summed E-state index contributed by atoms with van der Waals surface area (Å²) in [6.45, 7) is 0. The van der Waals surface area contributed by atoms with E-state index in [1.54, 1.807) is 0 Å². The fourth-order valence-corrected chi connectivity index (χ4v) is 1.33. The van der Waals surface area contributed by atoms with Crippen molar-refractivity contribution in [2.24, 2.45) is 5.92 Å². The van der Waals surface area contributed by atoms with Crippen molar-refractivity contribution in [1.82, 2.24) is 0 Å². The SMILES string of the molecule is O=C(O)CC[C@H]1CC=CCC1=O. The Morgan fingerprint density at radius 2 is 2.33 bits per heavy atom. The third kappa shape index (κ3) is 2.49. The third-order valence-corrected chi connectivity index (χ3v) is 2.07. The second-order valence-corrected chi connectivity index (χ2v) is 3.01. The summed E-state index contributed by atoms with van der Waals surface area (Å²) in [5, 5.41) is 8.40. The predicted octanol–water partition coefficient (Wildman–Crippen LogP) is 1.39. The third-order valence-electron chi connectivity index (χ3n) is 2.07. The van der Waals surface area contributed by atoms with Crippen LogP contribution in [-0.4, -0.2) is 16.9 Å². The first-order valence-corrected chi connectivity index (χ1v) is 4.09. The van der Waals surface area contributed by atoms with Gasteiger partial charge in [0.2, 0.25) is 0 Å². The molecule has 1 atom stereocenters. The number of rotatable bonds is 3. The standard InChI is InChI=1S/C9H12O3/c10-8-4-2-1-3-7(8)5-6-9(11)12/h1-2,7H,3-6H2,(H,11,12)/t7-/m1/s1. The molecule has 1 N–H and O–H groups in total. The molecular formula is C9H12O3. The number of carboxylic acid groups (broad SMARTS) is 1. The maximum absolute atomic E-state index is 11.2. The highest BCUT2D eigenvalue weighted by Gasteiger charge is 2.19. The molecule has 0 heterocycles. The van der Waals surface area contributed by atoms with E-state index in [9.17, 15) is 9.59 Å². The highest BCUT2D eigenvalue weighted by molar-refractivity contribution is 5.84. The summed E-state index contributed by atoms with van der Waals surface area (Å²) in [5.41, 5.74) is 0. The summed E-state index contributed by atoms with van der Waals surface area (Å²) in [6, 6.07) is 0. The van der Waals surface area contributed by atoms with Gasteiger partial charge >= 0.3 is 5.97 Å². The van der Waals surface area contributed by atoms with Crippen LogP contribution in [0.3, 0.4) is 0 Å². The van der Waals surface area contributed by atoms with Gasteiger partial charge in [0.05, 0.1) is 0 Å². The Hall–Kier alpha value is -1.12. The van der Waals surface area contributed by atoms with Crippen molar-refractivity contribution in [3.05, 3.63) is 12.2 Å². The topological polar surface area (TPSA) is 54.4 Å². The van der Waals surface area contributed by atoms with Crippen molar-refractivity contribution >= 4 is 11.8 Å². The Morgan fingerprint density at radius 1 is 1.58 bits per heavy atom. The van der Waals surface area contributed by atoms with Crippen molar-refractivity contribution in [2.75, 3.05) is 0 Å². The zero-order valence-corrected chi connectivity index (χ0v) is 6.82. The van der Waals surface area contributed by atoms with E-state index in [0.29, 0.717) is 19.3 Å². The van der Waals surface area contributed by atoms with Crippen LogP contribution in [0.2, 0.25) is 0 Å². The minimum Gasteiger partial charge on any atom is -0.481 e. The summed E-state index contributed by atoms with van der Waals surface area (Å²) in [7, 11) is 0. The lowest BCUT2D eigenvalue weighted by molar-refractivity contribution is -0.137. The first-order valence-electron chi connectivity index (χ1n) is 4.09. The number of hydrogen-bond acceptors (Lipinski definition) is 2. The minimum atomic E-state index is -0.822. The lowest BCUT2D eigenvalue weighted by Gasteiger charge is -2.14. The number of carbonyl (C=O) groups is 2. The zero-order chi connectivity index (χ0) is 8.97. The van der Waals surface area contributed by atoms with Crippen molar-refractivity contribution in [1.29, 1.82) is 0 Å². The van der Waals surface area contributed by atoms with Gasteiger partial charge in [-0.3, -0.25) is 9.59 Å². The molecule has 66 valence electrons. The molecule has 0 saturated heterocycles. The Balaban J connectivity index is 2.36. The number of carboxylic acids is 1. The van der Waals surface area contributed by atoms with Crippen molar-refractivity contribution in [3.8, 4) is 0 Å². The van der Waals surface area contributed by atoms with Gasteiger partial charge in [-0.1, -0.05) is 12.2 Å². The minimum absolute atomic E-state index is 0.0499. The van der Waals surface area contributed by atoms with E-state index in [1.165, 1.54) is 0 Å². The molecule has 0 fully saturated rings. The molecule has 0 aromatic heterocycles. The van der Waals surface area contributed by atoms with Gasteiger partial charge < -0.3 is 5.11 Å². The molecule has 1 aliphatic rings. The molecule has 3 nitrogen and oxygen atoms in total. The lowest BCUT2D eigenvalue weighted by atomic mass is 9.89. The molecule has 12 heavy (non-hydrogen) atoms. The molecule has 1 rings (SSSR count). The van der Waals surface area contributed by atoms with Crippen LogP contribution in [0.4, 0.5) is 0 Å². The monoisotopic (exact) mass is 168 g/mol. The molecule has 0 aromatic rings. The molecule has 0 aliphatic heterocycles. The van der Waals surface area contributed by atoms with E-state index in [1.807, 2.05) is 12.2 Å². The van der Waals surface area contributed by atoms with Crippen LogP contribution >= 0.6 is 0 Å². The Morgan fingerprint density at radius 3 is 2.92 bits per heavy atom. The molecular weight excluding hydrogens is 156 g/mol. The summed E-state index contributed by atoms with van der Waals surface area (Å²) in [6.07, 6.45) is 5.58. The maximum Gasteiger partial charge on any atom is 0.303 e. The summed E-state index contributed by atoms with van der Waals surface area (Å²) in [4.78, 5) is 21.4. The van der Waals surface area contributed by atoms with Crippen LogP contribution in [0.25, 0.3) is 0 Å². The molecule has 0 spiro atoms. The van der Waals surface area contributed by atoms with Gasteiger partial charge in [0.1, 0.15) is 5.78 Å².